The van der Waals surface area contributed by atoms with Gasteiger partial charge in [0.25, 0.3) is 0 Å². The van der Waals surface area contributed by atoms with Crippen LogP contribution in [0.25, 0.3) is 0 Å². The number of amides is 2. The Hall–Kier alpha value is -1.52. The number of nitrogens with one attached hydrogen (secondary N) is 2. The molecule has 0 aromatic carbocycles. The predicted molar refractivity (Wildman–Crippen MR) is 67.7 cm³/mol. The third-order valence-corrected chi connectivity index (χ3v) is 2.58. The van der Waals surface area contributed by atoms with Gasteiger partial charge in [-0.2, -0.15) is 5.10 Å². The number of nitrogens with zero attached hydrogens (tertiary/aromatic N) is 2. The lowest BCUT2D eigenvalue weighted by Crippen LogP contribution is -2.35. The van der Waals surface area contributed by atoms with E-state index in [-0.39, 0.29) is 6.03 Å². The van der Waals surface area contributed by atoms with Crippen LogP contribution in [0.2, 0.25) is 0 Å². The Morgan fingerprint density at radius 2 is 2.18 bits per heavy atom. The van der Waals surface area contributed by atoms with Crippen LogP contribution in [0.15, 0.2) is 6.20 Å². The van der Waals surface area contributed by atoms with Crippen LogP contribution in [-0.4, -0.2) is 22.4 Å². The van der Waals surface area contributed by atoms with Gasteiger partial charge in [0.2, 0.25) is 0 Å². The number of rotatable bonds is 6. The van der Waals surface area contributed by atoms with Gasteiger partial charge in [-0.05, 0) is 12.8 Å². The van der Waals surface area contributed by atoms with Crippen molar-refractivity contribution in [3.05, 3.63) is 17.5 Å². The Balaban J connectivity index is 2.36. The van der Waals surface area contributed by atoms with E-state index in [1.54, 1.807) is 4.68 Å². The van der Waals surface area contributed by atoms with Gasteiger partial charge in [-0.25, -0.2) is 4.79 Å². The second-order valence-corrected chi connectivity index (χ2v) is 4.09. The summed E-state index contributed by atoms with van der Waals surface area (Å²) < 4.78 is 1.78. The van der Waals surface area contributed by atoms with E-state index in [0.29, 0.717) is 6.54 Å². The summed E-state index contributed by atoms with van der Waals surface area (Å²) in [7, 11) is 1.89. The second kappa shape index (κ2) is 6.93. The maximum atomic E-state index is 11.4. The minimum absolute atomic E-state index is 0.107. The van der Waals surface area contributed by atoms with Crippen LogP contribution in [0, 0.1) is 0 Å². The van der Waals surface area contributed by atoms with Gasteiger partial charge < -0.3 is 10.6 Å². The maximum absolute atomic E-state index is 11.4. The van der Waals surface area contributed by atoms with Crippen molar-refractivity contribution in [2.45, 2.75) is 39.7 Å². The zero-order valence-electron chi connectivity index (χ0n) is 10.9. The Bertz CT molecular complexity index is 359. The summed E-state index contributed by atoms with van der Waals surface area (Å²) in [4.78, 5) is 11.4. The van der Waals surface area contributed by atoms with Crippen LogP contribution in [0.1, 0.15) is 37.9 Å². The number of urea groups is 1. The predicted octanol–water partition coefficient (Wildman–Crippen LogP) is 1.58. The first-order valence-electron chi connectivity index (χ1n) is 6.20. The highest BCUT2D eigenvalue weighted by atomic mass is 16.2. The molecule has 0 saturated heterocycles. The van der Waals surface area contributed by atoms with Crippen LogP contribution in [0.3, 0.4) is 0 Å². The number of unbranched alkanes of at least 4 members (excludes halogenated alkanes) is 1. The molecule has 0 radical (unpaired) electrons. The molecule has 1 heterocycles. The molecule has 17 heavy (non-hydrogen) atoms. The first kappa shape index (κ1) is 13.5. The molecule has 1 aromatic rings. The monoisotopic (exact) mass is 238 g/mol. The van der Waals surface area contributed by atoms with Crippen molar-refractivity contribution in [1.82, 2.24) is 20.4 Å². The van der Waals surface area contributed by atoms with E-state index < -0.39 is 0 Å². The molecule has 0 fully saturated rings. The van der Waals surface area contributed by atoms with Crippen LogP contribution in [-0.2, 0) is 20.0 Å². The molecule has 5 nitrogen and oxygen atoms in total. The van der Waals surface area contributed by atoms with Crippen molar-refractivity contribution in [1.29, 1.82) is 0 Å². The molecular weight excluding hydrogens is 216 g/mol. The van der Waals surface area contributed by atoms with Crippen molar-refractivity contribution in [3.63, 3.8) is 0 Å². The first-order chi connectivity index (χ1) is 8.17. The fraction of sp³-hybridized carbons (Fsp3) is 0.667. The van der Waals surface area contributed by atoms with Gasteiger partial charge >= 0.3 is 6.03 Å². The van der Waals surface area contributed by atoms with Crippen molar-refractivity contribution < 1.29 is 4.79 Å². The van der Waals surface area contributed by atoms with E-state index >= 15 is 0 Å². The van der Waals surface area contributed by atoms with E-state index in [9.17, 15) is 4.79 Å². The molecule has 1 rings (SSSR count). The number of aromatic nitrogens is 2. The quantitative estimate of drug-likeness (QED) is 0.739. The zero-order valence-corrected chi connectivity index (χ0v) is 10.9. The van der Waals surface area contributed by atoms with E-state index in [1.165, 1.54) is 0 Å². The number of aryl methyl sites for hydroxylation is 2. The summed E-state index contributed by atoms with van der Waals surface area (Å²) in [6, 6.07) is -0.107. The number of carbonyl (C=O) groups is 1. The SMILES string of the molecule is CCCCNC(=O)NCc1cn(C)nc1CC. The highest BCUT2D eigenvalue weighted by Crippen LogP contribution is 2.06. The number of carbonyl (C=O) groups excluding carboxylic acids is 1. The molecule has 0 unspecified atom stereocenters. The highest BCUT2D eigenvalue weighted by molar-refractivity contribution is 5.73. The molecule has 0 atom stereocenters. The van der Waals surface area contributed by atoms with E-state index in [4.69, 9.17) is 0 Å². The van der Waals surface area contributed by atoms with E-state index in [1.807, 2.05) is 13.2 Å². The van der Waals surface area contributed by atoms with Crippen molar-refractivity contribution >= 4 is 6.03 Å². The summed E-state index contributed by atoms with van der Waals surface area (Å²) in [5.41, 5.74) is 2.13. The van der Waals surface area contributed by atoms with Crippen LogP contribution in [0.5, 0.6) is 0 Å². The lowest BCUT2D eigenvalue weighted by molar-refractivity contribution is 0.240. The van der Waals surface area contributed by atoms with Crippen molar-refractivity contribution in [3.8, 4) is 0 Å². The molecule has 96 valence electrons. The largest absolute Gasteiger partial charge is 0.338 e. The molecule has 0 aliphatic rings. The van der Waals surface area contributed by atoms with Crippen LogP contribution >= 0.6 is 0 Å². The zero-order chi connectivity index (χ0) is 12.7. The Labute approximate surface area is 103 Å². The van der Waals surface area contributed by atoms with Gasteiger partial charge in [-0.15, -0.1) is 0 Å². The summed E-state index contributed by atoms with van der Waals surface area (Å²) in [6.45, 7) is 5.43. The Kier molecular flexibility index (Phi) is 5.52. The summed E-state index contributed by atoms with van der Waals surface area (Å²) >= 11 is 0. The summed E-state index contributed by atoms with van der Waals surface area (Å²) in [5, 5.41) is 9.99. The van der Waals surface area contributed by atoms with E-state index in [2.05, 4.69) is 29.6 Å². The molecule has 0 aliphatic carbocycles. The standard InChI is InChI=1S/C12H22N4O/c1-4-6-7-13-12(17)14-8-10-9-16(3)15-11(10)5-2/h9H,4-8H2,1-3H3,(H2,13,14,17). The molecule has 0 bridgehead atoms. The highest BCUT2D eigenvalue weighted by Gasteiger charge is 2.06. The molecule has 0 spiro atoms. The lowest BCUT2D eigenvalue weighted by atomic mass is 10.2. The van der Waals surface area contributed by atoms with Gasteiger partial charge in [0, 0.05) is 31.9 Å². The molecule has 0 saturated carbocycles. The molecule has 2 amide bonds. The van der Waals surface area contributed by atoms with Crippen LogP contribution < -0.4 is 10.6 Å². The average Bonchev–Trinajstić information content (AvgIpc) is 2.67. The number of hydrogen-bond donors (Lipinski definition) is 2. The summed E-state index contributed by atoms with van der Waals surface area (Å²) in [5.74, 6) is 0. The average molecular weight is 238 g/mol. The van der Waals surface area contributed by atoms with Crippen LogP contribution in [0.4, 0.5) is 4.79 Å². The Morgan fingerprint density at radius 1 is 1.41 bits per heavy atom. The van der Waals surface area contributed by atoms with Gasteiger partial charge in [-0.1, -0.05) is 20.3 Å². The van der Waals surface area contributed by atoms with Gasteiger partial charge in [0.05, 0.1) is 5.69 Å². The van der Waals surface area contributed by atoms with E-state index in [0.717, 1.165) is 37.1 Å². The van der Waals surface area contributed by atoms with Gasteiger partial charge in [-0.3, -0.25) is 4.68 Å². The van der Waals surface area contributed by atoms with Crippen molar-refractivity contribution in [2.24, 2.45) is 7.05 Å². The number of hydrogen-bond acceptors (Lipinski definition) is 2. The smallest absolute Gasteiger partial charge is 0.315 e. The molecular formula is C12H22N4O. The normalized spacial score (nSPS) is 10.3. The first-order valence-corrected chi connectivity index (χ1v) is 6.20. The van der Waals surface area contributed by atoms with Gasteiger partial charge in [0.15, 0.2) is 0 Å². The fourth-order valence-corrected chi connectivity index (χ4v) is 1.65. The topological polar surface area (TPSA) is 59.0 Å². The van der Waals surface area contributed by atoms with Gasteiger partial charge in [0.1, 0.15) is 0 Å². The minimum Gasteiger partial charge on any atom is -0.338 e. The molecule has 0 aliphatic heterocycles. The third-order valence-electron chi connectivity index (χ3n) is 2.58. The minimum atomic E-state index is -0.107. The maximum Gasteiger partial charge on any atom is 0.315 e. The molecule has 2 N–H and O–H groups in total. The summed E-state index contributed by atoms with van der Waals surface area (Å²) in [6.07, 6.45) is 4.93. The molecule has 5 heteroatoms. The molecule has 1 aromatic heterocycles. The van der Waals surface area contributed by atoms with Crippen molar-refractivity contribution in [2.75, 3.05) is 6.54 Å². The third kappa shape index (κ3) is 4.46. The fourth-order valence-electron chi connectivity index (χ4n) is 1.65. The Morgan fingerprint density at radius 3 is 2.82 bits per heavy atom. The second-order valence-electron chi connectivity index (χ2n) is 4.09. The lowest BCUT2D eigenvalue weighted by Gasteiger charge is -2.06.